The summed E-state index contributed by atoms with van der Waals surface area (Å²) >= 11 is 0. The lowest BCUT2D eigenvalue weighted by Crippen LogP contribution is -2.24. The van der Waals surface area contributed by atoms with E-state index < -0.39 is 0 Å². The highest BCUT2D eigenvalue weighted by molar-refractivity contribution is 5.87. The molecule has 1 unspecified atom stereocenters. The van der Waals surface area contributed by atoms with E-state index in [4.69, 9.17) is 4.74 Å². The molecule has 2 aromatic rings. The Hall–Kier alpha value is -2.75. The molecule has 114 valence electrons. The van der Waals surface area contributed by atoms with Crippen LogP contribution < -0.4 is 10.1 Å². The van der Waals surface area contributed by atoms with Gasteiger partial charge in [-0.15, -0.1) is 0 Å². The van der Waals surface area contributed by atoms with Crippen LogP contribution in [0.4, 0.5) is 0 Å². The third-order valence-corrected chi connectivity index (χ3v) is 3.45. The number of rotatable bonds is 5. The molecule has 22 heavy (non-hydrogen) atoms. The molecule has 0 heterocycles. The van der Waals surface area contributed by atoms with Crippen LogP contribution >= 0.6 is 0 Å². The minimum Gasteiger partial charge on any atom is -0.508 e. The smallest absolute Gasteiger partial charge is 0.243 e. The molecule has 0 aliphatic rings. The third kappa shape index (κ3) is 3.47. The molecular formula is C18H19NO3. The number of phenolic OH excluding ortho intramolecular Hbond substituents is 1. The molecule has 0 saturated heterocycles. The molecule has 0 spiro atoms. The number of benzene rings is 2. The number of hydrogen-bond donors (Lipinski definition) is 2. The van der Waals surface area contributed by atoms with Crippen molar-refractivity contribution in [2.45, 2.75) is 13.0 Å². The molecule has 4 nitrogen and oxygen atoms in total. The Morgan fingerprint density at radius 1 is 1.27 bits per heavy atom. The summed E-state index contributed by atoms with van der Waals surface area (Å²) in [6, 6.07) is 12.5. The Morgan fingerprint density at radius 3 is 2.55 bits per heavy atom. The van der Waals surface area contributed by atoms with E-state index in [1.807, 2.05) is 37.3 Å². The number of hydrogen-bond acceptors (Lipinski definition) is 3. The molecule has 0 saturated carbocycles. The summed E-state index contributed by atoms with van der Waals surface area (Å²) < 4.78 is 5.40. The summed E-state index contributed by atoms with van der Waals surface area (Å²) in [6.07, 6.45) is 1.25. The standard InChI is InChI=1S/C18H19NO3/c1-4-18(21)19-12(2)14-7-10-17(22-3)16(11-14)13-5-8-15(20)9-6-13/h4-12,20H,1H2,2-3H3,(H,19,21). The van der Waals surface area contributed by atoms with Crippen LogP contribution in [0.15, 0.2) is 55.1 Å². The molecule has 4 heteroatoms. The predicted octanol–water partition coefficient (Wildman–Crippen LogP) is 3.43. The Morgan fingerprint density at radius 2 is 1.95 bits per heavy atom. The van der Waals surface area contributed by atoms with Crippen LogP contribution in [0.3, 0.4) is 0 Å². The number of ether oxygens (including phenoxy) is 1. The Bertz CT molecular complexity index is 677. The van der Waals surface area contributed by atoms with Crippen LogP contribution in [-0.2, 0) is 4.79 Å². The minimum absolute atomic E-state index is 0.146. The molecule has 0 bridgehead atoms. The molecule has 1 amide bonds. The number of phenols is 1. The molecule has 0 aromatic heterocycles. The summed E-state index contributed by atoms with van der Waals surface area (Å²) in [4.78, 5) is 11.4. The summed E-state index contributed by atoms with van der Waals surface area (Å²) in [5.41, 5.74) is 2.79. The molecule has 2 rings (SSSR count). The number of carbonyl (C=O) groups is 1. The van der Waals surface area contributed by atoms with E-state index in [-0.39, 0.29) is 17.7 Å². The number of nitrogens with one attached hydrogen (secondary N) is 1. The number of carbonyl (C=O) groups excluding carboxylic acids is 1. The Balaban J connectivity index is 2.39. The zero-order valence-corrected chi connectivity index (χ0v) is 12.7. The highest BCUT2D eigenvalue weighted by Crippen LogP contribution is 2.33. The van der Waals surface area contributed by atoms with Gasteiger partial charge >= 0.3 is 0 Å². The lowest BCUT2D eigenvalue weighted by Gasteiger charge is -2.16. The van der Waals surface area contributed by atoms with Crippen molar-refractivity contribution in [3.8, 4) is 22.6 Å². The highest BCUT2D eigenvalue weighted by atomic mass is 16.5. The Kier molecular flexibility index (Phi) is 4.84. The van der Waals surface area contributed by atoms with Crippen molar-refractivity contribution >= 4 is 5.91 Å². The van der Waals surface area contributed by atoms with Crippen molar-refractivity contribution in [2.75, 3.05) is 7.11 Å². The zero-order valence-electron chi connectivity index (χ0n) is 12.7. The minimum atomic E-state index is -0.213. The van der Waals surface area contributed by atoms with Crippen LogP contribution in [0.2, 0.25) is 0 Å². The van der Waals surface area contributed by atoms with Gasteiger partial charge in [0, 0.05) is 5.56 Å². The van der Waals surface area contributed by atoms with Crippen molar-refractivity contribution in [3.63, 3.8) is 0 Å². The van der Waals surface area contributed by atoms with E-state index in [0.717, 1.165) is 22.4 Å². The largest absolute Gasteiger partial charge is 0.508 e. The van der Waals surface area contributed by atoms with Crippen LogP contribution in [0, 0.1) is 0 Å². The lowest BCUT2D eigenvalue weighted by molar-refractivity contribution is -0.117. The van der Waals surface area contributed by atoms with Gasteiger partial charge in [-0.2, -0.15) is 0 Å². The van der Waals surface area contributed by atoms with Gasteiger partial charge in [0.25, 0.3) is 0 Å². The normalized spacial score (nSPS) is 11.5. The maximum absolute atomic E-state index is 11.4. The molecule has 0 radical (unpaired) electrons. The van der Waals surface area contributed by atoms with Gasteiger partial charge in [-0.05, 0) is 48.4 Å². The van der Waals surface area contributed by atoms with Gasteiger partial charge in [0.15, 0.2) is 0 Å². The first-order chi connectivity index (χ1) is 10.5. The van der Waals surface area contributed by atoms with Gasteiger partial charge in [0.1, 0.15) is 11.5 Å². The van der Waals surface area contributed by atoms with E-state index >= 15 is 0 Å². The fourth-order valence-corrected chi connectivity index (χ4v) is 2.22. The summed E-state index contributed by atoms with van der Waals surface area (Å²) in [7, 11) is 1.61. The first kappa shape index (κ1) is 15.6. The summed E-state index contributed by atoms with van der Waals surface area (Å²) in [5, 5.41) is 12.2. The molecule has 2 N–H and O–H groups in total. The van der Waals surface area contributed by atoms with Gasteiger partial charge in [-0.1, -0.05) is 24.8 Å². The first-order valence-electron chi connectivity index (χ1n) is 6.95. The van der Waals surface area contributed by atoms with E-state index in [1.165, 1.54) is 6.08 Å². The van der Waals surface area contributed by atoms with E-state index in [2.05, 4.69) is 11.9 Å². The number of methoxy groups -OCH3 is 1. The van der Waals surface area contributed by atoms with Gasteiger partial charge in [0.05, 0.1) is 13.2 Å². The van der Waals surface area contributed by atoms with E-state index in [0.29, 0.717) is 0 Å². The molecule has 0 aliphatic carbocycles. The Labute approximate surface area is 130 Å². The molecule has 0 fully saturated rings. The monoisotopic (exact) mass is 297 g/mol. The maximum Gasteiger partial charge on any atom is 0.243 e. The van der Waals surface area contributed by atoms with Crippen LogP contribution in [0.25, 0.3) is 11.1 Å². The number of amides is 1. The van der Waals surface area contributed by atoms with Gasteiger partial charge in [0.2, 0.25) is 5.91 Å². The van der Waals surface area contributed by atoms with Crippen LogP contribution in [-0.4, -0.2) is 18.1 Å². The van der Waals surface area contributed by atoms with Crippen molar-refractivity contribution in [3.05, 3.63) is 60.7 Å². The van der Waals surface area contributed by atoms with Crippen molar-refractivity contribution < 1.29 is 14.6 Å². The first-order valence-corrected chi connectivity index (χ1v) is 6.95. The molecule has 1 atom stereocenters. The highest BCUT2D eigenvalue weighted by Gasteiger charge is 2.12. The molecule has 0 aliphatic heterocycles. The van der Waals surface area contributed by atoms with Gasteiger partial charge in [-0.3, -0.25) is 4.79 Å². The van der Waals surface area contributed by atoms with Crippen molar-refractivity contribution in [2.24, 2.45) is 0 Å². The zero-order chi connectivity index (χ0) is 16.1. The van der Waals surface area contributed by atoms with E-state index in [1.54, 1.807) is 19.2 Å². The average Bonchev–Trinajstić information content (AvgIpc) is 2.54. The number of aromatic hydroxyl groups is 1. The summed E-state index contributed by atoms with van der Waals surface area (Å²) in [6.45, 7) is 5.36. The van der Waals surface area contributed by atoms with Gasteiger partial charge in [-0.25, -0.2) is 0 Å². The second-order valence-electron chi connectivity index (χ2n) is 4.94. The van der Waals surface area contributed by atoms with Crippen molar-refractivity contribution in [1.29, 1.82) is 0 Å². The van der Waals surface area contributed by atoms with Crippen LogP contribution in [0.1, 0.15) is 18.5 Å². The second-order valence-corrected chi connectivity index (χ2v) is 4.94. The fraction of sp³-hybridized carbons (Fsp3) is 0.167. The van der Waals surface area contributed by atoms with E-state index in [9.17, 15) is 9.90 Å². The lowest BCUT2D eigenvalue weighted by atomic mass is 9.99. The third-order valence-electron chi connectivity index (χ3n) is 3.45. The quantitative estimate of drug-likeness (QED) is 0.831. The molecule has 2 aromatic carbocycles. The maximum atomic E-state index is 11.4. The average molecular weight is 297 g/mol. The summed E-state index contributed by atoms with van der Waals surface area (Å²) in [5.74, 6) is 0.733. The van der Waals surface area contributed by atoms with Crippen molar-refractivity contribution in [1.82, 2.24) is 5.32 Å². The molecular weight excluding hydrogens is 278 g/mol. The SMILES string of the molecule is C=CC(=O)NC(C)c1ccc(OC)c(-c2ccc(O)cc2)c1. The fourth-order valence-electron chi connectivity index (χ4n) is 2.22. The predicted molar refractivity (Wildman–Crippen MR) is 86.8 cm³/mol. The topological polar surface area (TPSA) is 58.6 Å². The van der Waals surface area contributed by atoms with Gasteiger partial charge < -0.3 is 15.2 Å². The second kappa shape index (κ2) is 6.80. The van der Waals surface area contributed by atoms with Crippen LogP contribution in [0.5, 0.6) is 11.5 Å².